The SMILES string of the molecule is CCC#CC[C@H](C)[C@H](O)/C=C/[C@@H]1[C@@H]2[C@H](C[C@H]1O)O/C(=C/CCCC(=O)O)C2(F)F. The molecule has 7 heteroatoms. The van der Waals surface area contributed by atoms with Crippen LogP contribution in [0.1, 0.15) is 52.4 Å². The normalized spacial score (nSPS) is 31.2. The van der Waals surface area contributed by atoms with Gasteiger partial charge < -0.3 is 20.1 Å². The highest BCUT2D eigenvalue weighted by atomic mass is 19.3. The number of carboxylic acids is 1. The Morgan fingerprint density at radius 1 is 1.41 bits per heavy atom. The molecule has 162 valence electrons. The summed E-state index contributed by atoms with van der Waals surface area (Å²) in [4.78, 5) is 10.5. The number of aliphatic hydroxyl groups is 2. The molecular weight excluding hydrogens is 382 g/mol. The number of unbranched alkanes of at least 4 members (excludes halogenated alkanes) is 1. The second-order valence-corrected chi connectivity index (χ2v) is 7.80. The molecule has 1 aliphatic heterocycles. The molecule has 0 bridgehead atoms. The fraction of sp³-hybridized carbons (Fsp3) is 0.682. The Labute approximate surface area is 170 Å². The van der Waals surface area contributed by atoms with E-state index < -0.39 is 47.8 Å². The van der Waals surface area contributed by atoms with Crippen molar-refractivity contribution in [2.45, 2.75) is 76.6 Å². The van der Waals surface area contributed by atoms with Gasteiger partial charge in [0, 0.05) is 31.6 Å². The third-order valence-electron chi connectivity index (χ3n) is 5.52. The molecule has 2 rings (SSSR count). The quantitative estimate of drug-likeness (QED) is 0.323. The highest BCUT2D eigenvalue weighted by Gasteiger charge is 2.63. The van der Waals surface area contributed by atoms with E-state index in [1.54, 1.807) is 0 Å². The van der Waals surface area contributed by atoms with Gasteiger partial charge in [0.25, 0.3) is 0 Å². The van der Waals surface area contributed by atoms with Crippen molar-refractivity contribution in [1.82, 2.24) is 0 Å². The zero-order valence-electron chi connectivity index (χ0n) is 16.9. The average Bonchev–Trinajstić information content (AvgIpc) is 3.09. The molecule has 1 saturated carbocycles. The Morgan fingerprint density at radius 3 is 2.79 bits per heavy atom. The van der Waals surface area contributed by atoms with Gasteiger partial charge in [0.05, 0.1) is 18.1 Å². The molecule has 1 heterocycles. The van der Waals surface area contributed by atoms with Gasteiger partial charge in [-0.25, -0.2) is 0 Å². The monoisotopic (exact) mass is 412 g/mol. The van der Waals surface area contributed by atoms with Gasteiger partial charge >= 0.3 is 11.9 Å². The number of halogens is 2. The standard InChI is InChI=1S/C22H30F2O5/c1-3-4-5-8-14(2)16(25)12-11-15-17(26)13-18-21(15)22(23,24)19(29-18)9-6-7-10-20(27)28/h9,11-12,14-18,21,25-26H,3,6-8,10,13H2,1-2H3,(H,27,28)/b12-11+,19-9+/t14-,15-,16+,17+,18-,21+/m0/s1. The van der Waals surface area contributed by atoms with E-state index in [2.05, 4.69) is 11.8 Å². The number of rotatable bonds is 8. The summed E-state index contributed by atoms with van der Waals surface area (Å²) in [5.74, 6) is -0.947. The number of allylic oxidation sites excluding steroid dienone is 2. The molecule has 0 aromatic rings. The van der Waals surface area contributed by atoms with E-state index in [9.17, 15) is 23.8 Å². The fourth-order valence-corrected chi connectivity index (χ4v) is 3.86. The highest BCUT2D eigenvalue weighted by molar-refractivity contribution is 5.66. The van der Waals surface area contributed by atoms with Crippen LogP contribution in [0.15, 0.2) is 24.0 Å². The van der Waals surface area contributed by atoms with Crippen LogP contribution in [0, 0.1) is 29.6 Å². The summed E-state index contributed by atoms with van der Waals surface area (Å²) in [6.07, 6.45) is 3.28. The number of fused-ring (bicyclic) bond motifs is 1. The first-order valence-electron chi connectivity index (χ1n) is 10.2. The molecule has 1 aliphatic carbocycles. The van der Waals surface area contributed by atoms with Gasteiger partial charge in [-0.1, -0.05) is 26.0 Å². The predicted octanol–water partition coefficient (Wildman–Crippen LogP) is 3.51. The second kappa shape index (κ2) is 10.2. The zero-order chi connectivity index (χ0) is 21.6. The van der Waals surface area contributed by atoms with Crippen LogP contribution in [0.4, 0.5) is 8.78 Å². The predicted molar refractivity (Wildman–Crippen MR) is 104 cm³/mol. The van der Waals surface area contributed by atoms with E-state index in [1.165, 1.54) is 18.2 Å². The Morgan fingerprint density at radius 2 is 2.14 bits per heavy atom. The first-order valence-corrected chi connectivity index (χ1v) is 10.2. The van der Waals surface area contributed by atoms with Crippen LogP contribution >= 0.6 is 0 Å². The first-order chi connectivity index (χ1) is 13.7. The van der Waals surface area contributed by atoms with Gasteiger partial charge in [-0.2, -0.15) is 8.78 Å². The Hall–Kier alpha value is -1.91. The third kappa shape index (κ3) is 5.80. The molecule has 6 atom stereocenters. The molecule has 2 fully saturated rings. The lowest BCUT2D eigenvalue weighted by atomic mass is 9.87. The van der Waals surface area contributed by atoms with Gasteiger partial charge in [0.1, 0.15) is 6.10 Å². The summed E-state index contributed by atoms with van der Waals surface area (Å²) in [5, 5.41) is 29.2. The maximum atomic E-state index is 14.9. The molecule has 0 aromatic carbocycles. The molecule has 0 aromatic heterocycles. The molecule has 5 nitrogen and oxygen atoms in total. The van der Waals surface area contributed by atoms with Crippen molar-refractivity contribution < 1.29 is 33.6 Å². The van der Waals surface area contributed by atoms with Crippen LogP contribution in [0.2, 0.25) is 0 Å². The number of aliphatic carboxylic acids is 1. The Bertz CT molecular complexity index is 691. The van der Waals surface area contributed by atoms with Gasteiger partial charge in [-0.3, -0.25) is 4.79 Å². The lowest BCUT2D eigenvalue weighted by Gasteiger charge is -2.23. The molecule has 2 aliphatic rings. The number of aliphatic hydroxyl groups excluding tert-OH is 2. The minimum atomic E-state index is -3.25. The molecule has 0 radical (unpaired) electrons. The van der Waals surface area contributed by atoms with Crippen LogP contribution in [-0.2, 0) is 9.53 Å². The summed E-state index contributed by atoms with van der Waals surface area (Å²) in [6, 6.07) is 0. The Kier molecular flexibility index (Phi) is 8.23. The molecule has 29 heavy (non-hydrogen) atoms. The van der Waals surface area contributed by atoms with Gasteiger partial charge in [-0.05, 0) is 24.8 Å². The fourth-order valence-electron chi connectivity index (χ4n) is 3.86. The summed E-state index contributed by atoms with van der Waals surface area (Å²) >= 11 is 0. The molecular formula is C22H30F2O5. The van der Waals surface area contributed by atoms with E-state index in [4.69, 9.17) is 9.84 Å². The number of carbonyl (C=O) groups is 1. The molecule has 0 amide bonds. The van der Waals surface area contributed by atoms with Gasteiger partial charge in [0.15, 0.2) is 5.76 Å². The zero-order valence-corrected chi connectivity index (χ0v) is 16.9. The summed E-state index contributed by atoms with van der Waals surface area (Å²) in [7, 11) is 0. The van der Waals surface area contributed by atoms with Crippen molar-refractivity contribution in [1.29, 1.82) is 0 Å². The molecule has 0 spiro atoms. The van der Waals surface area contributed by atoms with Crippen molar-refractivity contribution in [2.24, 2.45) is 17.8 Å². The summed E-state index contributed by atoms with van der Waals surface area (Å²) < 4.78 is 35.3. The number of hydrogen-bond donors (Lipinski definition) is 3. The largest absolute Gasteiger partial charge is 0.488 e. The maximum absolute atomic E-state index is 14.9. The van der Waals surface area contributed by atoms with Crippen LogP contribution in [0.3, 0.4) is 0 Å². The maximum Gasteiger partial charge on any atom is 0.310 e. The van der Waals surface area contributed by atoms with E-state index in [0.29, 0.717) is 6.42 Å². The average molecular weight is 412 g/mol. The molecule has 3 N–H and O–H groups in total. The van der Waals surface area contributed by atoms with E-state index in [1.807, 2.05) is 13.8 Å². The summed E-state index contributed by atoms with van der Waals surface area (Å²) in [5.41, 5.74) is 0. The van der Waals surface area contributed by atoms with Crippen molar-refractivity contribution in [3.8, 4) is 11.8 Å². The number of carboxylic acid groups (broad SMARTS) is 1. The first kappa shape index (κ1) is 23.4. The van der Waals surface area contributed by atoms with Crippen LogP contribution in [0.25, 0.3) is 0 Å². The van der Waals surface area contributed by atoms with Gasteiger partial charge in [-0.15, -0.1) is 11.8 Å². The van der Waals surface area contributed by atoms with E-state index in [0.717, 1.165) is 6.42 Å². The van der Waals surface area contributed by atoms with Crippen LogP contribution in [-0.4, -0.2) is 45.5 Å². The highest BCUT2D eigenvalue weighted by Crippen LogP contribution is 2.54. The topological polar surface area (TPSA) is 87.0 Å². The minimum Gasteiger partial charge on any atom is -0.488 e. The van der Waals surface area contributed by atoms with Crippen molar-refractivity contribution in [3.05, 3.63) is 24.0 Å². The molecule has 1 saturated heterocycles. The van der Waals surface area contributed by atoms with Crippen LogP contribution in [0.5, 0.6) is 0 Å². The third-order valence-corrected chi connectivity index (χ3v) is 5.52. The lowest BCUT2D eigenvalue weighted by molar-refractivity contribution is -0.137. The summed E-state index contributed by atoms with van der Waals surface area (Å²) in [6.45, 7) is 3.77. The number of alkyl halides is 2. The van der Waals surface area contributed by atoms with Crippen molar-refractivity contribution in [2.75, 3.05) is 0 Å². The lowest BCUT2D eigenvalue weighted by Crippen LogP contribution is -2.33. The van der Waals surface area contributed by atoms with Gasteiger partial charge in [0.2, 0.25) is 0 Å². The molecule has 0 unspecified atom stereocenters. The van der Waals surface area contributed by atoms with Crippen molar-refractivity contribution >= 4 is 5.97 Å². The smallest absolute Gasteiger partial charge is 0.310 e. The van der Waals surface area contributed by atoms with Crippen molar-refractivity contribution in [3.63, 3.8) is 0 Å². The second-order valence-electron chi connectivity index (χ2n) is 7.80. The number of ether oxygens (including phenoxy) is 1. The minimum absolute atomic E-state index is 0.0923. The number of hydrogen-bond acceptors (Lipinski definition) is 4. The van der Waals surface area contributed by atoms with E-state index >= 15 is 0 Å². The van der Waals surface area contributed by atoms with Crippen LogP contribution < -0.4 is 0 Å². The van der Waals surface area contributed by atoms with E-state index in [-0.39, 0.29) is 31.6 Å². The Balaban J connectivity index is 2.05.